The van der Waals surface area contributed by atoms with E-state index in [1.807, 2.05) is 24.3 Å². The van der Waals surface area contributed by atoms with E-state index >= 15 is 0 Å². The highest BCUT2D eigenvalue weighted by atomic mass is 32.1. The molecule has 0 unspecified atom stereocenters. The Morgan fingerprint density at radius 3 is 2.44 bits per heavy atom. The maximum absolute atomic E-state index is 13.0. The molecule has 0 atom stereocenters. The fourth-order valence-electron chi connectivity index (χ4n) is 2.95. The van der Waals surface area contributed by atoms with Crippen molar-refractivity contribution >= 4 is 11.3 Å². The van der Waals surface area contributed by atoms with Gasteiger partial charge in [-0.05, 0) is 30.5 Å². The molecule has 1 saturated carbocycles. The summed E-state index contributed by atoms with van der Waals surface area (Å²) in [6.07, 6.45) is 3.02. The molecule has 4 nitrogen and oxygen atoms in total. The van der Waals surface area contributed by atoms with Gasteiger partial charge < -0.3 is 4.52 Å². The standard InChI is InChI=1S/C21H16FN3OS/c22-17-9-1-13(2-10-17)11-19-24-20(25-26-19)15-5-3-14(4-6-15)18-12-27-21(23-18)16-7-8-16/h1-6,9-10,12,16H,7-8,11H2. The Balaban J connectivity index is 1.32. The van der Waals surface area contributed by atoms with Gasteiger partial charge in [-0.3, -0.25) is 0 Å². The van der Waals surface area contributed by atoms with E-state index in [0.29, 0.717) is 24.1 Å². The van der Waals surface area contributed by atoms with E-state index in [0.717, 1.165) is 22.4 Å². The van der Waals surface area contributed by atoms with Crippen LogP contribution in [0.25, 0.3) is 22.6 Å². The van der Waals surface area contributed by atoms with Gasteiger partial charge in [0.25, 0.3) is 0 Å². The Kier molecular flexibility index (Phi) is 4.05. The Bertz CT molecular complexity index is 1070. The number of halogens is 1. The quantitative estimate of drug-likeness (QED) is 0.463. The molecule has 2 heterocycles. The minimum Gasteiger partial charge on any atom is -0.339 e. The van der Waals surface area contributed by atoms with E-state index in [1.165, 1.54) is 30.0 Å². The number of benzene rings is 2. The molecule has 0 amide bonds. The van der Waals surface area contributed by atoms with Gasteiger partial charge in [0, 0.05) is 22.4 Å². The lowest BCUT2D eigenvalue weighted by Crippen LogP contribution is -1.89. The van der Waals surface area contributed by atoms with E-state index in [4.69, 9.17) is 9.51 Å². The van der Waals surface area contributed by atoms with Crippen LogP contribution >= 0.6 is 11.3 Å². The zero-order valence-electron chi connectivity index (χ0n) is 14.4. The van der Waals surface area contributed by atoms with Crippen molar-refractivity contribution < 1.29 is 8.91 Å². The minimum atomic E-state index is -0.255. The van der Waals surface area contributed by atoms with Crippen LogP contribution in [-0.2, 0) is 6.42 Å². The predicted molar refractivity (Wildman–Crippen MR) is 102 cm³/mol. The third-order valence-electron chi connectivity index (χ3n) is 4.62. The van der Waals surface area contributed by atoms with Gasteiger partial charge in [0.1, 0.15) is 5.82 Å². The Hall–Kier alpha value is -2.86. The summed E-state index contributed by atoms with van der Waals surface area (Å²) in [6.45, 7) is 0. The van der Waals surface area contributed by atoms with Gasteiger partial charge in [0.15, 0.2) is 0 Å². The highest BCUT2D eigenvalue weighted by Gasteiger charge is 2.26. The first kappa shape index (κ1) is 16.3. The van der Waals surface area contributed by atoms with Gasteiger partial charge in [-0.15, -0.1) is 11.3 Å². The van der Waals surface area contributed by atoms with Crippen LogP contribution in [0.4, 0.5) is 4.39 Å². The van der Waals surface area contributed by atoms with Crippen molar-refractivity contribution in [1.82, 2.24) is 15.1 Å². The fourth-order valence-corrected chi connectivity index (χ4v) is 3.95. The van der Waals surface area contributed by atoms with E-state index in [9.17, 15) is 4.39 Å². The molecule has 0 spiro atoms. The summed E-state index contributed by atoms with van der Waals surface area (Å²) in [5.74, 6) is 1.49. The first-order chi connectivity index (χ1) is 13.2. The number of hydrogen-bond donors (Lipinski definition) is 0. The first-order valence-corrected chi connectivity index (χ1v) is 9.76. The van der Waals surface area contributed by atoms with Gasteiger partial charge >= 0.3 is 0 Å². The van der Waals surface area contributed by atoms with Gasteiger partial charge in [-0.1, -0.05) is 41.6 Å². The highest BCUT2D eigenvalue weighted by Crippen LogP contribution is 2.42. The van der Waals surface area contributed by atoms with Crippen molar-refractivity contribution in [3.05, 3.63) is 76.2 Å². The maximum Gasteiger partial charge on any atom is 0.231 e. The van der Waals surface area contributed by atoms with E-state index < -0.39 is 0 Å². The summed E-state index contributed by atoms with van der Waals surface area (Å²) in [7, 11) is 0. The lowest BCUT2D eigenvalue weighted by atomic mass is 10.1. The Labute approximate surface area is 159 Å². The van der Waals surface area contributed by atoms with Crippen LogP contribution < -0.4 is 0 Å². The molecule has 0 N–H and O–H groups in total. The number of thiazole rings is 1. The topological polar surface area (TPSA) is 51.8 Å². The summed E-state index contributed by atoms with van der Waals surface area (Å²) in [4.78, 5) is 9.20. The lowest BCUT2D eigenvalue weighted by Gasteiger charge is -1.98. The van der Waals surface area contributed by atoms with Crippen LogP contribution in [0.15, 0.2) is 58.4 Å². The molecular formula is C21H16FN3OS. The van der Waals surface area contributed by atoms with E-state index in [1.54, 1.807) is 23.5 Å². The van der Waals surface area contributed by atoms with Crippen molar-refractivity contribution in [3.63, 3.8) is 0 Å². The summed E-state index contributed by atoms with van der Waals surface area (Å²) in [5, 5.41) is 7.44. The number of aromatic nitrogens is 3. The van der Waals surface area contributed by atoms with Gasteiger partial charge in [-0.25, -0.2) is 9.37 Å². The Morgan fingerprint density at radius 2 is 1.70 bits per heavy atom. The van der Waals surface area contributed by atoms with Crippen LogP contribution in [0.1, 0.15) is 35.2 Å². The molecular weight excluding hydrogens is 361 g/mol. The highest BCUT2D eigenvalue weighted by molar-refractivity contribution is 7.10. The van der Waals surface area contributed by atoms with Crippen LogP contribution in [-0.4, -0.2) is 15.1 Å². The van der Waals surface area contributed by atoms with Crippen LogP contribution in [0.5, 0.6) is 0 Å². The van der Waals surface area contributed by atoms with Crippen LogP contribution in [0, 0.1) is 5.82 Å². The molecule has 2 aromatic carbocycles. The van der Waals surface area contributed by atoms with E-state index in [-0.39, 0.29) is 5.82 Å². The molecule has 1 fully saturated rings. The second-order valence-electron chi connectivity index (χ2n) is 6.74. The predicted octanol–water partition coefficient (Wildman–Crippen LogP) is 5.47. The molecule has 2 aromatic heterocycles. The second kappa shape index (κ2) is 6.70. The molecule has 27 heavy (non-hydrogen) atoms. The normalized spacial score (nSPS) is 13.8. The maximum atomic E-state index is 13.0. The largest absolute Gasteiger partial charge is 0.339 e. The van der Waals surface area contributed by atoms with Crippen LogP contribution in [0.2, 0.25) is 0 Å². The van der Waals surface area contributed by atoms with Crippen molar-refractivity contribution in [1.29, 1.82) is 0 Å². The number of nitrogens with zero attached hydrogens (tertiary/aromatic N) is 3. The summed E-state index contributed by atoms with van der Waals surface area (Å²) < 4.78 is 18.3. The monoisotopic (exact) mass is 377 g/mol. The number of rotatable bonds is 5. The molecule has 6 heteroatoms. The molecule has 0 bridgehead atoms. The number of hydrogen-bond acceptors (Lipinski definition) is 5. The third kappa shape index (κ3) is 3.53. The molecule has 5 rings (SSSR count). The smallest absolute Gasteiger partial charge is 0.231 e. The van der Waals surface area contributed by atoms with Crippen molar-refractivity contribution in [2.24, 2.45) is 0 Å². The van der Waals surface area contributed by atoms with Crippen molar-refractivity contribution in [3.8, 4) is 22.6 Å². The SMILES string of the molecule is Fc1ccc(Cc2nc(-c3ccc(-c4csc(C5CC5)n4)cc3)no2)cc1. The van der Waals surface area contributed by atoms with E-state index in [2.05, 4.69) is 15.5 Å². The van der Waals surface area contributed by atoms with Crippen molar-refractivity contribution in [2.75, 3.05) is 0 Å². The molecule has 4 aromatic rings. The van der Waals surface area contributed by atoms with Gasteiger partial charge in [0.05, 0.1) is 17.1 Å². The lowest BCUT2D eigenvalue weighted by molar-refractivity contribution is 0.385. The van der Waals surface area contributed by atoms with Gasteiger partial charge in [-0.2, -0.15) is 4.98 Å². The first-order valence-electron chi connectivity index (χ1n) is 8.88. The summed E-state index contributed by atoms with van der Waals surface area (Å²) in [6, 6.07) is 14.3. The van der Waals surface area contributed by atoms with Crippen LogP contribution in [0.3, 0.4) is 0 Å². The molecule has 134 valence electrons. The van der Waals surface area contributed by atoms with Crippen molar-refractivity contribution in [2.45, 2.75) is 25.2 Å². The molecule has 1 aliphatic carbocycles. The second-order valence-corrected chi connectivity index (χ2v) is 7.63. The zero-order chi connectivity index (χ0) is 18.2. The summed E-state index contributed by atoms with van der Waals surface area (Å²) in [5.41, 5.74) is 3.94. The molecule has 1 aliphatic rings. The molecule has 0 saturated heterocycles. The summed E-state index contributed by atoms with van der Waals surface area (Å²) >= 11 is 1.75. The minimum absolute atomic E-state index is 0.255. The Morgan fingerprint density at radius 1 is 0.963 bits per heavy atom. The molecule has 0 aliphatic heterocycles. The third-order valence-corrected chi connectivity index (χ3v) is 5.63. The van der Waals surface area contributed by atoms with Gasteiger partial charge in [0.2, 0.25) is 11.7 Å². The molecule has 0 radical (unpaired) electrons. The fraction of sp³-hybridized carbons (Fsp3) is 0.190. The average molecular weight is 377 g/mol. The average Bonchev–Trinajstić information content (AvgIpc) is 3.24. The zero-order valence-corrected chi connectivity index (χ0v) is 15.2.